The first kappa shape index (κ1) is 15.6. The molecule has 0 amide bonds. The Bertz CT molecular complexity index is 617. The number of benzene rings is 2. The highest BCUT2D eigenvalue weighted by Gasteiger charge is 2.12. The van der Waals surface area contributed by atoms with Crippen LogP contribution in [0.1, 0.15) is 17.2 Å². The van der Waals surface area contributed by atoms with Crippen LogP contribution in [0, 0.1) is 6.92 Å². The van der Waals surface area contributed by atoms with E-state index in [9.17, 15) is 0 Å². The van der Waals surface area contributed by atoms with Gasteiger partial charge in [0.1, 0.15) is 0 Å². The van der Waals surface area contributed by atoms with Crippen LogP contribution in [0.5, 0.6) is 0 Å². The third-order valence-electron chi connectivity index (χ3n) is 3.03. The molecule has 1 atom stereocenters. The van der Waals surface area contributed by atoms with E-state index in [1.807, 2.05) is 31.2 Å². The zero-order valence-corrected chi connectivity index (χ0v) is 14.1. The minimum absolute atomic E-state index is 0.0251. The average Bonchev–Trinajstić information content (AvgIpc) is 2.43. The van der Waals surface area contributed by atoms with Crippen LogP contribution in [0.2, 0.25) is 10.0 Å². The van der Waals surface area contributed by atoms with Crippen molar-refractivity contribution in [1.29, 1.82) is 0 Å². The standard InChI is InChI=1S/C15H15BrCl2N2/c1-9-2-4-11(16)14(6-9)20-15(8-19)10-3-5-12(17)13(18)7-10/h2-7,15,20H,8,19H2,1H3. The molecule has 2 nitrogen and oxygen atoms in total. The quantitative estimate of drug-likeness (QED) is 0.775. The number of anilines is 1. The highest BCUT2D eigenvalue weighted by molar-refractivity contribution is 9.10. The van der Waals surface area contributed by atoms with Gasteiger partial charge in [-0.3, -0.25) is 0 Å². The Kier molecular flexibility index (Phi) is 5.33. The molecule has 0 aliphatic carbocycles. The van der Waals surface area contributed by atoms with Gasteiger partial charge in [0.25, 0.3) is 0 Å². The molecule has 3 N–H and O–H groups in total. The summed E-state index contributed by atoms with van der Waals surface area (Å²) < 4.78 is 1.00. The lowest BCUT2D eigenvalue weighted by Crippen LogP contribution is -2.20. The number of nitrogens with one attached hydrogen (secondary N) is 1. The van der Waals surface area contributed by atoms with Gasteiger partial charge >= 0.3 is 0 Å². The number of rotatable bonds is 4. The highest BCUT2D eigenvalue weighted by Crippen LogP contribution is 2.30. The molecule has 0 heterocycles. The molecule has 0 aliphatic heterocycles. The lowest BCUT2D eigenvalue weighted by Gasteiger charge is -2.20. The van der Waals surface area contributed by atoms with Crippen LogP contribution < -0.4 is 11.1 Å². The lowest BCUT2D eigenvalue weighted by atomic mass is 10.1. The Morgan fingerprint density at radius 1 is 1.15 bits per heavy atom. The van der Waals surface area contributed by atoms with E-state index in [2.05, 4.69) is 27.3 Å². The minimum Gasteiger partial charge on any atom is -0.376 e. The molecule has 1 unspecified atom stereocenters. The number of hydrogen-bond acceptors (Lipinski definition) is 2. The Morgan fingerprint density at radius 2 is 1.90 bits per heavy atom. The molecule has 0 aliphatic rings. The van der Waals surface area contributed by atoms with Crippen molar-refractivity contribution in [2.24, 2.45) is 5.73 Å². The van der Waals surface area contributed by atoms with E-state index in [4.69, 9.17) is 28.9 Å². The van der Waals surface area contributed by atoms with Crippen LogP contribution in [0.4, 0.5) is 5.69 Å². The highest BCUT2D eigenvalue weighted by atomic mass is 79.9. The fourth-order valence-electron chi connectivity index (χ4n) is 1.94. The van der Waals surface area contributed by atoms with Gasteiger partial charge in [-0.25, -0.2) is 0 Å². The number of nitrogens with two attached hydrogens (primary N) is 1. The van der Waals surface area contributed by atoms with Crippen molar-refractivity contribution in [3.63, 3.8) is 0 Å². The summed E-state index contributed by atoms with van der Waals surface area (Å²) in [5.41, 5.74) is 9.07. The zero-order chi connectivity index (χ0) is 14.7. The Balaban J connectivity index is 2.28. The Morgan fingerprint density at radius 3 is 2.55 bits per heavy atom. The lowest BCUT2D eigenvalue weighted by molar-refractivity contribution is 0.789. The van der Waals surface area contributed by atoms with Gasteiger partial charge in [-0.05, 0) is 58.2 Å². The van der Waals surface area contributed by atoms with Crippen molar-refractivity contribution in [2.75, 3.05) is 11.9 Å². The van der Waals surface area contributed by atoms with Crippen molar-refractivity contribution < 1.29 is 0 Å². The zero-order valence-electron chi connectivity index (χ0n) is 11.0. The topological polar surface area (TPSA) is 38.0 Å². The molecule has 5 heteroatoms. The maximum absolute atomic E-state index is 6.06. The molecule has 106 valence electrons. The van der Waals surface area contributed by atoms with E-state index >= 15 is 0 Å². The molecule has 0 aromatic heterocycles. The summed E-state index contributed by atoms with van der Waals surface area (Å²) in [7, 11) is 0. The second-order valence-corrected chi connectivity index (χ2v) is 6.26. The molecule has 20 heavy (non-hydrogen) atoms. The number of aryl methyl sites for hydroxylation is 1. The van der Waals surface area contributed by atoms with Gasteiger partial charge < -0.3 is 11.1 Å². The number of halogens is 3. The van der Waals surface area contributed by atoms with Gasteiger partial charge in [-0.1, -0.05) is 35.3 Å². The van der Waals surface area contributed by atoms with E-state index in [0.29, 0.717) is 16.6 Å². The van der Waals surface area contributed by atoms with E-state index in [1.165, 1.54) is 5.56 Å². The van der Waals surface area contributed by atoms with E-state index in [0.717, 1.165) is 15.7 Å². The smallest absolute Gasteiger partial charge is 0.0637 e. The predicted octanol–water partition coefficient (Wildman–Crippen LogP) is 5.18. The van der Waals surface area contributed by atoms with Crippen LogP contribution in [0.25, 0.3) is 0 Å². The minimum atomic E-state index is -0.0251. The largest absolute Gasteiger partial charge is 0.376 e. The third-order valence-corrected chi connectivity index (χ3v) is 4.46. The van der Waals surface area contributed by atoms with Crippen LogP contribution >= 0.6 is 39.1 Å². The van der Waals surface area contributed by atoms with E-state index < -0.39 is 0 Å². The summed E-state index contributed by atoms with van der Waals surface area (Å²) in [5, 5.41) is 4.51. The first-order chi connectivity index (χ1) is 9.51. The molecular weight excluding hydrogens is 359 g/mol. The number of hydrogen-bond donors (Lipinski definition) is 2. The second-order valence-electron chi connectivity index (χ2n) is 4.59. The summed E-state index contributed by atoms with van der Waals surface area (Å²) >= 11 is 15.5. The van der Waals surface area contributed by atoms with Gasteiger partial charge in [-0.15, -0.1) is 0 Å². The van der Waals surface area contributed by atoms with Crippen LogP contribution in [-0.2, 0) is 0 Å². The Labute approximate surface area is 137 Å². The fourth-order valence-corrected chi connectivity index (χ4v) is 2.61. The molecule has 2 aromatic carbocycles. The molecule has 0 bridgehead atoms. The maximum atomic E-state index is 6.06. The summed E-state index contributed by atoms with van der Waals surface area (Å²) in [4.78, 5) is 0. The summed E-state index contributed by atoms with van der Waals surface area (Å²) in [6.45, 7) is 2.51. The van der Waals surface area contributed by atoms with Crippen molar-refractivity contribution in [3.05, 3.63) is 62.0 Å². The van der Waals surface area contributed by atoms with Crippen molar-refractivity contribution in [1.82, 2.24) is 0 Å². The fraction of sp³-hybridized carbons (Fsp3) is 0.200. The molecule has 2 rings (SSSR count). The van der Waals surface area contributed by atoms with Gasteiger partial charge in [0.15, 0.2) is 0 Å². The SMILES string of the molecule is Cc1ccc(Br)c(NC(CN)c2ccc(Cl)c(Cl)c2)c1. The van der Waals surface area contributed by atoms with Gasteiger partial charge in [-0.2, -0.15) is 0 Å². The van der Waals surface area contributed by atoms with Crippen molar-refractivity contribution >= 4 is 44.8 Å². The van der Waals surface area contributed by atoms with E-state index in [-0.39, 0.29) is 6.04 Å². The van der Waals surface area contributed by atoms with Crippen LogP contribution in [-0.4, -0.2) is 6.54 Å². The van der Waals surface area contributed by atoms with Gasteiger partial charge in [0.2, 0.25) is 0 Å². The van der Waals surface area contributed by atoms with Crippen molar-refractivity contribution in [3.8, 4) is 0 Å². The van der Waals surface area contributed by atoms with Gasteiger partial charge in [0.05, 0.1) is 16.1 Å². The molecule has 0 saturated heterocycles. The monoisotopic (exact) mass is 372 g/mol. The first-order valence-electron chi connectivity index (χ1n) is 6.19. The molecular formula is C15H15BrCl2N2. The molecule has 0 saturated carbocycles. The van der Waals surface area contributed by atoms with Gasteiger partial charge in [0, 0.05) is 16.7 Å². The first-order valence-corrected chi connectivity index (χ1v) is 7.74. The van der Waals surface area contributed by atoms with Crippen LogP contribution in [0.3, 0.4) is 0 Å². The van der Waals surface area contributed by atoms with Crippen LogP contribution in [0.15, 0.2) is 40.9 Å². The summed E-state index contributed by atoms with van der Waals surface area (Å²) in [5.74, 6) is 0. The third kappa shape index (κ3) is 3.67. The maximum Gasteiger partial charge on any atom is 0.0637 e. The predicted molar refractivity (Wildman–Crippen MR) is 90.8 cm³/mol. The summed E-state index contributed by atoms with van der Waals surface area (Å²) in [6.07, 6.45) is 0. The molecule has 2 aromatic rings. The van der Waals surface area contributed by atoms with E-state index in [1.54, 1.807) is 6.07 Å². The summed E-state index contributed by atoms with van der Waals surface area (Å²) in [6, 6.07) is 11.7. The average molecular weight is 374 g/mol. The molecule has 0 radical (unpaired) electrons. The molecule has 0 spiro atoms. The normalized spacial score (nSPS) is 12.2. The van der Waals surface area contributed by atoms with Crippen molar-refractivity contribution in [2.45, 2.75) is 13.0 Å². The second kappa shape index (κ2) is 6.81. The molecule has 0 fully saturated rings. The Hall–Kier alpha value is -0.740.